The van der Waals surface area contributed by atoms with E-state index in [2.05, 4.69) is 20.9 Å². The fraction of sp³-hybridized carbons (Fsp3) is 0.261. The van der Waals surface area contributed by atoms with Crippen molar-refractivity contribution in [1.29, 1.82) is 0 Å². The van der Waals surface area contributed by atoms with Gasteiger partial charge in [0, 0.05) is 18.3 Å². The molecule has 162 valence electrons. The molecule has 6 nitrogen and oxygen atoms in total. The Bertz CT molecular complexity index is 1020. The SMILES string of the molecule is CC(C)CNC(=O)[C@H](Cc1ccccc1)NC(=O)c1csc(Nc2ccccc2F)n1. The molecule has 31 heavy (non-hydrogen) atoms. The lowest BCUT2D eigenvalue weighted by Crippen LogP contribution is -2.48. The van der Waals surface area contributed by atoms with Crippen LogP contribution >= 0.6 is 11.3 Å². The summed E-state index contributed by atoms with van der Waals surface area (Å²) in [5.74, 6) is -0.819. The highest BCUT2D eigenvalue weighted by atomic mass is 32.1. The minimum Gasteiger partial charge on any atom is -0.354 e. The number of thiazole rings is 1. The van der Waals surface area contributed by atoms with E-state index < -0.39 is 17.8 Å². The molecule has 0 aliphatic heterocycles. The smallest absolute Gasteiger partial charge is 0.271 e. The van der Waals surface area contributed by atoms with Crippen LogP contribution < -0.4 is 16.0 Å². The van der Waals surface area contributed by atoms with Crippen molar-refractivity contribution in [2.24, 2.45) is 5.92 Å². The summed E-state index contributed by atoms with van der Waals surface area (Å²) < 4.78 is 13.8. The number of amides is 2. The Morgan fingerprint density at radius 1 is 1.06 bits per heavy atom. The highest BCUT2D eigenvalue weighted by Crippen LogP contribution is 2.23. The van der Waals surface area contributed by atoms with E-state index in [1.54, 1.807) is 23.6 Å². The zero-order chi connectivity index (χ0) is 22.2. The van der Waals surface area contributed by atoms with Gasteiger partial charge in [-0.25, -0.2) is 9.37 Å². The number of aromatic nitrogens is 1. The van der Waals surface area contributed by atoms with Crippen LogP contribution in [0.25, 0.3) is 0 Å². The van der Waals surface area contributed by atoms with Crippen LogP contribution in [0.4, 0.5) is 15.2 Å². The van der Waals surface area contributed by atoms with Gasteiger partial charge >= 0.3 is 0 Å². The van der Waals surface area contributed by atoms with Crippen LogP contribution in [0.5, 0.6) is 0 Å². The molecule has 0 saturated heterocycles. The molecule has 8 heteroatoms. The summed E-state index contributed by atoms with van der Waals surface area (Å²) in [6, 6.07) is 15.0. The van der Waals surface area contributed by atoms with Gasteiger partial charge in [-0.1, -0.05) is 56.3 Å². The summed E-state index contributed by atoms with van der Waals surface area (Å²) in [5, 5.41) is 10.5. The van der Waals surface area contributed by atoms with Crippen LogP contribution in [0, 0.1) is 11.7 Å². The van der Waals surface area contributed by atoms with Crippen LogP contribution in [0.1, 0.15) is 29.9 Å². The number of nitrogens with zero attached hydrogens (tertiary/aromatic N) is 1. The van der Waals surface area contributed by atoms with Crippen molar-refractivity contribution in [3.8, 4) is 0 Å². The van der Waals surface area contributed by atoms with E-state index in [1.165, 1.54) is 17.4 Å². The Balaban J connectivity index is 1.70. The molecule has 0 spiro atoms. The van der Waals surface area contributed by atoms with Crippen LogP contribution in [-0.2, 0) is 11.2 Å². The average Bonchev–Trinajstić information content (AvgIpc) is 3.22. The second-order valence-corrected chi connectivity index (χ2v) is 8.36. The van der Waals surface area contributed by atoms with E-state index in [1.807, 2.05) is 44.2 Å². The second-order valence-electron chi connectivity index (χ2n) is 7.50. The normalized spacial score (nSPS) is 11.7. The molecule has 2 amide bonds. The zero-order valence-corrected chi connectivity index (χ0v) is 18.2. The van der Waals surface area contributed by atoms with E-state index in [0.29, 0.717) is 24.0 Å². The number of benzene rings is 2. The van der Waals surface area contributed by atoms with Crippen molar-refractivity contribution >= 4 is 34.0 Å². The van der Waals surface area contributed by atoms with Crippen molar-refractivity contribution in [1.82, 2.24) is 15.6 Å². The zero-order valence-electron chi connectivity index (χ0n) is 17.4. The van der Waals surface area contributed by atoms with E-state index in [4.69, 9.17) is 0 Å². The van der Waals surface area contributed by atoms with Gasteiger partial charge in [0.25, 0.3) is 5.91 Å². The van der Waals surface area contributed by atoms with Gasteiger partial charge in [0.2, 0.25) is 5.91 Å². The summed E-state index contributed by atoms with van der Waals surface area (Å²) in [6.07, 6.45) is 0.362. The fourth-order valence-electron chi connectivity index (χ4n) is 2.83. The van der Waals surface area contributed by atoms with Crippen molar-refractivity contribution in [2.75, 3.05) is 11.9 Å². The Labute approximate surface area is 184 Å². The quantitative estimate of drug-likeness (QED) is 0.467. The maximum absolute atomic E-state index is 13.8. The maximum atomic E-state index is 13.8. The largest absolute Gasteiger partial charge is 0.354 e. The predicted molar refractivity (Wildman–Crippen MR) is 121 cm³/mol. The van der Waals surface area contributed by atoms with E-state index in [0.717, 1.165) is 5.56 Å². The van der Waals surface area contributed by atoms with Crippen LogP contribution in [0.2, 0.25) is 0 Å². The lowest BCUT2D eigenvalue weighted by molar-refractivity contribution is -0.123. The molecule has 0 saturated carbocycles. The second kappa shape index (κ2) is 10.7. The first kappa shape index (κ1) is 22.4. The topological polar surface area (TPSA) is 83.1 Å². The van der Waals surface area contributed by atoms with Gasteiger partial charge in [-0.2, -0.15) is 0 Å². The van der Waals surface area contributed by atoms with E-state index in [9.17, 15) is 14.0 Å². The number of nitrogens with one attached hydrogen (secondary N) is 3. The molecule has 3 N–H and O–H groups in total. The third-order valence-corrected chi connectivity index (χ3v) is 5.20. The van der Waals surface area contributed by atoms with E-state index >= 15 is 0 Å². The molecule has 0 fully saturated rings. The predicted octanol–water partition coefficient (Wildman–Crippen LogP) is 4.14. The highest BCUT2D eigenvalue weighted by Gasteiger charge is 2.23. The average molecular weight is 441 g/mol. The number of hydrogen-bond acceptors (Lipinski definition) is 5. The van der Waals surface area contributed by atoms with Crippen LogP contribution in [0.3, 0.4) is 0 Å². The first-order valence-electron chi connectivity index (χ1n) is 10.0. The Morgan fingerprint density at radius 2 is 1.77 bits per heavy atom. The summed E-state index contributed by atoms with van der Waals surface area (Å²) in [6.45, 7) is 4.53. The van der Waals surface area contributed by atoms with Gasteiger partial charge in [0.15, 0.2) is 5.13 Å². The van der Waals surface area contributed by atoms with Gasteiger partial charge in [-0.05, 0) is 23.6 Å². The number of halogens is 1. The van der Waals surface area contributed by atoms with Crippen molar-refractivity contribution in [3.05, 3.63) is 77.1 Å². The number of rotatable bonds is 9. The number of hydrogen-bond donors (Lipinski definition) is 3. The molecule has 1 aromatic heterocycles. The molecule has 0 aliphatic carbocycles. The molecule has 3 aromatic rings. The molecule has 1 heterocycles. The van der Waals surface area contributed by atoms with Gasteiger partial charge in [0.1, 0.15) is 17.6 Å². The van der Waals surface area contributed by atoms with Gasteiger partial charge in [-0.15, -0.1) is 11.3 Å². The van der Waals surface area contributed by atoms with Crippen molar-refractivity contribution < 1.29 is 14.0 Å². The summed E-state index contributed by atoms with van der Waals surface area (Å²) in [4.78, 5) is 29.7. The molecule has 3 rings (SSSR count). The Morgan fingerprint density at radius 3 is 2.48 bits per heavy atom. The number of carbonyl (C=O) groups is 2. The minimum absolute atomic E-state index is 0.165. The molecule has 0 aliphatic rings. The van der Waals surface area contributed by atoms with Crippen molar-refractivity contribution in [2.45, 2.75) is 26.3 Å². The lowest BCUT2D eigenvalue weighted by Gasteiger charge is -2.19. The number of para-hydroxylation sites is 1. The fourth-order valence-corrected chi connectivity index (χ4v) is 3.54. The molecule has 0 radical (unpaired) electrons. The lowest BCUT2D eigenvalue weighted by atomic mass is 10.0. The Hall–Kier alpha value is -3.26. The Kier molecular flexibility index (Phi) is 7.72. The van der Waals surface area contributed by atoms with Crippen LogP contribution in [0.15, 0.2) is 60.0 Å². The standard InChI is InChI=1S/C23H25FN4O2S/c1-15(2)13-25-21(29)19(12-16-8-4-3-5-9-16)26-22(30)20-14-31-23(28-20)27-18-11-7-6-10-17(18)24/h3-11,14-15,19H,12-13H2,1-2H3,(H,25,29)(H,26,30)(H,27,28)/t19-/m0/s1. The molecular weight excluding hydrogens is 415 g/mol. The summed E-state index contributed by atoms with van der Waals surface area (Å²) in [7, 11) is 0. The summed E-state index contributed by atoms with van der Waals surface area (Å²) in [5.41, 5.74) is 1.38. The molecule has 0 bridgehead atoms. The third-order valence-electron chi connectivity index (χ3n) is 4.44. The van der Waals surface area contributed by atoms with Gasteiger partial charge in [0.05, 0.1) is 5.69 Å². The maximum Gasteiger partial charge on any atom is 0.271 e. The summed E-state index contributed by atoms with van der Waals surface area (Å²) >= 11 is 1.18. The first-order chi connectivity index (χ1) is 14.9. The third kappa shape index (κ3) is 6.62. The van der Waals surface area contributed by atoms with Gasteiger partial charge in [-0.3, -0.25) is 9.59 Å². The number of carbonyl (C=O) groups excluding carboxylic acids is 2. The molecule has 1 atom stereocenters. The van der Waals surface area contributed by atoms with Crippen molar-refractivity contribution in [3.63, 3.8) is 0 Å². The highest BCUT2D eigenvalue weighted by molar-refractivity contribution is 7.14. The molecule has 0 unspecified atom stereocenters. The minimum atomic E-state index is -0.738. The molecule has 2 aromatic carbocycles. The number of anilines is 2. The van der Waals surface area contributed by atoms with Gasteiger partial charge < -0.3 is 16.0 Å². The molecular formula is C23H25FN4O2S. The van der Waals surface area contributed by atoms with Crippen LogP contribution in [-0.4, -0.2) is 29.4 Å². The monoisotopic (exact) mass is 440 g/mol. The van der Waals surface area contributed by atoms with E-state index in [-0.39, 0.29) is 17.3 Å². The first-order valence-corrected chi connectivity index (χ1v) is 10.9.